The van der Waals surface area contributed by atoms with E-state index in [0.29, 0.717) is 17.1 Å². The van der Waals surface area contributed by atoms with Gasteiger partial charge in [-0.3, -0.25) is 4.98 Å². The number of alkyl halides is 3. The Morgan fingerprint density at radius 3 is 2.52 bits per heavy atom. The summed E-state index contributed by atoms with van der Waals surface area (Å²) in [6.45, 7) is 0.222. The molecule has 3 rings (SSSR count). The highest BCUT2D eigenvalue weighted by Gasteiger charge is 2.33. The zero-order chi connectivity index (χ0) is 18.0. The van der Waals surface area contributed by atoms with Crippen LogP contribution in [-0.4, -0.2) is 15.0 Å². The number of ether oxygens (including phenoxy) is 1. The van der Waals surface area contributed by atoms with Gasteiger partial charge in [-0.25, -0.2) is 4.98 Å². The predicted octanol–water partition coefficient (Wildman–Crippen LogP) is 3.23. The van der Waals surface area contributed by atoms with Crippen LogP contribution in [0.1, 0.15) is 11.3 Å². The molecule has 0 unspecified atom stereocenters. The smallest absolute Gasteiger partial charge is 0.432 e. The third kappa shape index (κ3) is 3.82. The van der Waals surface area contributed by atoms with Gasteiger partial charge in [0.1, 0.15) is 23.7 Å². The topological polar surface area (TPSA) is 103 Å². The lowest BCUT2D eigenvalue weighted by atomic mass is 10.2. The van der Waals surface area contributed by atoms with Crippen molar-refractivity contribution in [2.24, 2.45) is 0 Å². The maximum absolute atomic E-state index is 12.6. The molecule has 0 aliphatic carbocycles. The lowest BCUT2D eigenvalue weighted by Crippen LogP contribution is -2.05. The molecular formula is C16H14F3N5O. The Morgan fingerprint density at radius 1 is 1.04 bits per heavy atom. The Bertz CT molecular complexity index is 891. The van der Waals surface area contributed by atoms with Crippen LogP contribution in [0.15, 0.2) is 42.7 Å². The van der Waals surface area contributed by atoms with Crippen LogP contribution in [0.3, 0.4) is 0 Å². The summed E-state index contributed by atoms with van der Waals surface area (Å²) in [7, 11) is 0. The molecule has 0 saturated heterocycles. The number of hydrogen-bond donors (Lipinski definition) is 3. The number of imidazole rings is 1. The van der Waals surface area contributed by atoms with Crippen molar-refractivity contribution in [2.75, 3.05) is 11.5 Å². The maximum atomic E-state index is 12.6. The average Bonchev–Trinajstić information content (AvgIpc) is 3.07. The van der Waals surface area contributed by atoms with Crippen LogP contribution in [-0.2, 0) is 12.8 Å². The van der Waals surface area contributed by atoms with Gasteiger partial charge < -0.3 is 21.2 Å². The Balaban J connectivity index is 1.75. The average molecular weight is 349 g/mol. The van der Waals surface area contributed by atoms with Crippen molar-refractivity contribution < 1.29 is 17.9 Å². The summed E-state index contributed by atoms with van der Waals surface area (Å²) in [6.07, 6.45) is -2.34. The number of nitrogens with zero attached hydrogens (tertiary/aromatic N) is 2. The zero-order valence-corrected chi connectivity index (χ0v) is 12.8. The van der Waals surface area contributed by atoms with E-state index in [1.165, 1.54) is 12.3 Å². The minimum atomic E-state index is -4.49. The molecule has 1 aromatic carbocycles. The van der Waals surface area contributed by atoms with E-state index in [4.69, 9.17) is 16.2 Å². The van der Waals surface area contributed by atoms with Crippen molar-refractivity contribution in [1.82, 2.24) is 15.0 Å². The van der Waals surface area contributed by atoms with Crippen molar-refractivity contribution in [3.8, 4) is 17.3 Å². The largest absolute Gasteiger partial charge is 0.489 e. The Labute approximate surface area is 140 Å². The molecule has 0 aliphatic rings. The number of benzene rings is 1. The van der Waals surface area contributed by atoms with Crippen LogP contribution in [0.4, 0.5) is 24.5 Å². The number of nitrogen functional groups attached to an aromatic ring is 2. The van der Waals surface area contributed by atoms with Crippen molar-refractivity contribution in [1.29, 1.82) is 0 Å². The number of aromatic nitrogens is 3. The second-order valence-electron chi connectivity index (χ2n) is 5.27. The number of halogens is 3. The summed E-state index contributed by atoms with van der Waals surface area (Å²) in [5.41, 5.74) is 12.4. The molecule has 6 nitrogen and oxygen atoms in total. The molecule has 3 aromatic rings. The highest BCUT2D eigenvalue weighted by atomic mass is 19.4. The van der Waals surface area contributed by atoms with Crippen LogP contribution >= 0.6 is 0 Å². The molecule has 130 valence electrons. The number of hydrogen-bond acceptors (Lipinski definition) is 5. The number of aromatic amines is 1. The van der Waals surface area contributed by atoms with Crippen LogP contribution in [0.5, 0.6) is 5.75 Å². The highest BCUT2D eigenvalue weighted by Crippen LogP contribution is 2.29. The van der Waals surface area contributed by atoms with E-state index in [1.54, 1.807) is 24.3 Å². The van der Waals surface area contributed by atoms with E-state index < -0.39 is 11.9 Å². The molecule has 0 spiro atoms. The fraction of sp³-hybridized carbons (Fsp3) is 0.125. The van der Waals surface area contributed by atoms with Gasteiger partial charge in [0.2, 0.25) is 0 Å². The molecule has 0 aliphatic heterocycles. The Kier molecular flexibility index (Phi) is 4.22. The zero-order valence-electron chi connectivity index (χ0n) is 12.8. The molecule has 2 heterocycles. The fourth-order valence-electron chi connectivity index (χ4n) is 2.11. The molecule has 5 N–H and O–H groups in total. The standard InChI is InChI=1S/C16H14F3N5O/c17-16(18,19)14-7-23-15(24-14)13-6-10(3-4-22-13)25-8-9-1-2-11(20)12(21)5-9/h1-7H,8,20-21H2,(H,23,24). The van der Waals surface area contributed by atoms with Gasteiger partial charge in [0.15, 0.2) is 5.82 Å². The molecule has 0 atom stereocenters. The van der Waals surface area contributed by atoms with Gasteiger partial charge in [-0.15, -0.1) is 0 Å². The monoisotopic (exact) mass is 349 g/mol. The van der Waals surface area contributed by atoms with Crippen molar-refractivity contribution in [3.63, 3.8) is 0 Å². The first-order valence-electron chi connectivity index (χ1n) is 7.18. The van der Waals surface area contributed by atoms with Crippen LogP contribution in [0.2, 0.25) is 0 Å². The Morgan fingerprint density at radius 2 is 1.84 bits per heavy atom. The molecular weight excluding hydrogens is 335 g/mol. The summed E-state index contributed by atoms with van der Waals surface area (Å²) in [5, 5.41) is 0. The van der Waals surface area contributed by atoms with Gasteiger partial charge in [-0.1, -0.05) is 6.07 Å². The molecule has 0 bridgehead atoms. The predicted molar refractivity (Wildman–Crippen MR) is 86.4 cm³/mol. The van der Waals surface area contributed by atoms with E-state index in [0.717, 1.165) is 11.8 Å². The third-order valence-corrected chi connectivity index (χ3v) is 3.41. The minimum Gasteiger partial charge on any atom is -0.489 e. The Hall–Kier alpha value is -3.23. The number of rotatable bonds is 4. The molecule has 0 saturated carbocycles. The van der Waals surface area contributed by atoms with Gasteiger partial charge >= 0.3 is 6.18 Å². The van der Waals surface area contributed by atoms with Crippen molar-refractivity contribution in [3.05, 3.63) is 54.0 Å². The maximum Gasteiger partial charge on any atom is 0.432 e. The first-order chi connectivity index (χ1) is 11.8. The summed E-state index contributed by atoms with van der Waals surface area (Å²) < 4.78 is 43.5. The van der Waals surface area contributed by atoms with Gasteiger partial charge in [0, 0.05) is 12.3 Å². The normalized spacial score (nSPS) is 11.5. The molecule has 25 heavy (non-hydrogen) atoms. The second kappa shape index (κ2) is 6.34. The molecule has 0 amide bonds. The quantitative estimate of drug-likeness (QED) is 0.628. The van der Waals surface area contributed by atoms with Crippen molar-refractivity contribution in [2.45, 2.75) is 12.8 Å². The first kappa shape index (κ1) is 16.6. The molecule has 0 radical (unpaired) electrons. The van der Waals surface area contributed by atoms with E-state index >= 15 is 0 Å². The van der Waals surface area contributed by atoms with Gasteiger partial charge in [0.05, 0.1) is 17.6 Å². The van der Waals surface area contributed by atoms with E-state index in [9.17, 15) is 13.2 Å². The summed E-state index contributed by atoms with van der Waals surface area (Å²) in [4.78, 5) is 9.92. The fourth-order valence-corrected chi connectivity index (χ4v) is 2.11. The summed E-state index contributed by atoms with van der Waals surface area (Å²) >= 11 is 0. The minimum absolute atomic E-state index is 0.00880. The van der Waals surface area contributed by atoms with Crippen molar-refractivity contribution >= 4 is 11.4 Å². The number of pyridine rings is 1. The highest BCUT2D eigenvalue weighted by molar-refractivity contribution is 5.63. The second-order valence-corrected chi connectivity index (χ2v) is 5.27. The first-order valence-corrected chi connectivity index (χ1v) is 7.18. The SMILES string of the molecule is Nc1ccc(COc2ccnc(-c3ncc(C(F)(F)F)[nH]3)c2)cc1N. The lowest BCUT2D eigenvalue weighted by Gasteiger charge is -2.08. The summed E-state index contributed by atoms with van der Waals surface area (Å²) in [6, 6.07) is 8.24. The lowest BCUT2D eigenvalue weighted by molar-refractivity contribution is -0.140. The van der Waals surface area contributed by atoms with Crippen LogP contribution in [0, 0.1) is 0 Å². The van der Waals surface area contributed by atoms with Gasteiger partial charge in [-0.2, -0.15) is 13.2 Å². The van der Waals surface area contributed by atoms with E-state index in [1.807, 2.05) is 0 Å². The van der Waals surface area contributed by atoms with E-state index in [-0.39, 0.29) is 18.1 Å². The number of H-pyrrole nitrogens is 1. The molecule has 0 fully saturated rings. The van der Waals surface area contributed by atoms with Crippen LogP contribution in [0.25, 0.3) is 11.5 Å². The molecule has 2 aromatic heterocycles. The van der Waals surface area contributed by atoms with Crippen LogP contribution < -0.4 is 16.2 Å². The van der Waals surface area contributed by atoms with Gasteiger partial charge in [-0.05, 0) is 23.8 Å². The third-order valence-electron chi connectivity index (χ3n) is 3.41. The molecule has 9 heteroatoms. The number of nitrogens with two attached hydrogens (primary N) is 2. The van der Waals surface area contributed by atoms with E-state index in [2.05, 4.69) is 15.0 Å². The number of nitrogens with one attached hydrogen (secondary N) is 1. The van der Waals surface area contributed by atoms with Gasteiger partial charge in [0.25, 0.3) is 0 Å². The number of anilines is 2. The summed E-state index contributed by atoms with van der Waals surface area (Å²) in [5.74, 6) is 0.444.